The Bertz CT molecular complexity index is 368. The number of carboxylic acids is 1. The van der Waals surface area contributed by atoms with Crippen molar-refractivity contribution in [2.75, 3.05) is 39.9 Å². The summed E-state index contributed by atoms with van der Waals surface area (Å²) in [5.41, 5.74) is 0. The van der Waals surface area contributed by atoms with E-state index in [0.717, 1.165) is 4.90 Å². The molecular weight excluding hydrogens is 266 g/mol. The van der Waals surface area contributed by atoms with Crippen LogP contribution < -0.4 is 5.32 Å². The molecular formula is C12H21N3O5. The first-order valence-corrected chi connectivity index (χ1v) is 6.52. The molecule has 1 saturated heterocycles. The van der Waals surface area contributed by atoms with Crippen LogP contribution in [0.2, 0.25) is 0 Å². The molecule has 0 aromatic heterocycles. The molecule has 0 spiro atoms. The second-order valence-corrected chi connectivity index (χ2v) is 4.60. The standard InChI is InChI=1S/C12H21N3O5/c1-9(11(17)18)14(2)12(19)13-4-3-10(16)15-5-7-20-8-6-15/h9H,3-8H2,1-2H3,(H,13,19)(H,17,18). The zero-order chi connectivity index (χ0) is 15.1. The Hall–Kier alpha value is -1.83. The van der Waals surface area contributed by atoms with E-state index in [4.69, 9.17) is 9.84 Å². The molecule has 1 rings (SSSR count). The third kappa shape index (κ3) is 4.69. The van der Waals surface area contributed by atoms with Crippen LogP contribution in [-0.2, 0) is 14.3 Å². The molecule has 8 nitrogen and oxygen atoms in total. The molecule has 1 aliphatic heterocycles. The van der Waals surface area contributed by atoms with E-state index >= 15 is 0 Å². The maximum atomic E-state index is 11.8. The topological polar surface area (TPSA) is 99.2 Å². The number of nitrogens with one attached hydrogen (secondary N) is 1. The summed E-state index contributed by atoms with van der Waals surface area (Å²) in [5, 5.41) is 11.3. The number of hydrogen-bond acceptors (Lipinski definition) is 4. The van der Waals surface area contributed by atoms with E-state index in [1.54, 1.807) is 4.90 Å². The lowest BCUT2D eigenvalue weighted by Gasteiger charge is -2.27. The van der Waals surface area contributed by atoms with Crippen LogP contribution in [0, 0.1) is 0 Å². The molecule has 1 atom stereocenters. The summed E-state index contributed by atoms with van der Waals surface area (Å²) in [5.74, 6) is -1.12. The van der Waals surface area contributed by atoms with Gasteiger partial charge in [0.05, 0.1) is 13.2 Å². The largest absolute Gasteiger partial charge is 0.480 e. The Labute approximate surface area is 117 Å². The van der Waals surface area contributed by atoms with E-state index in [1.165, 1.54) is 14.0 Å². The van der Waals surface area contributed by atoms with E-state index in [9.17, 15) is 14.4 Å². The van der Waals surface area contributed by atoms with Crippen molar-refractivity contribution >= 4 is 17.9 Å². The fraction of sp³-hybridized carbons (Fsp3) is 0.750. The lowest BCUT2D eigenvalue weighted by molar-refractivity contribution is -0.141. The second kappa shape index (κ2) is 7.68. The molecule has 0 radical (unpaired) electrons. The van der Waals surface area contributed by atoms with Gasteiger partial charge in [-0.3, -0.25) is 4.79 Å². The summed E-state index contributed by atoms with van der Waals surface area (Å²) in [6.07, 6.45) is 0.195. The molecule has 114 valence electrons. The Kier molecular flexibility index (Phi) is 6.23. The SMILES string of the molecule is CC(C(=O)O)N(C)C(=O)NCCC(=O)N1CCOCC1. The average molecular weight is 287 g/mol. The van der Waals surface area contributed by atoms with Crippen LogP contribution in [0.3, 0.4) is 0 Å². The number of amides is 3. The maximum Gasteiger partial charge on any atom is 0.326 e. The summed E-state index contributed by atoms with van der Waals surface area (Å²) >= 11 is 0. The summed E-state index contributed by atoms with van der Waals surface area (Å²) in [7, 11) is 1.40. The van der Waals surface area contributed by atoms with Crippen molar-refractivity contribution in [3.8, 4) is 0 Å². The lowest BCUT2D eigenvalue weighted by atomic mass is 10.3. The van der Waals surface area contributed by atoms with Gasteiger partial charge >= 0.3 is 12.0 Å². The zero-order valence-electron chi connectivity index (χ0n) is 11.8. The molecule has 2 N–H and O–H groups in total. The molecule has 1 fully saturated rings. The van der Waals surface area contributed by atoms with E-state index in [2.05, 4.69) is 5.32 Å². The number of rotatable bonds is 5. The van der Waals surface area contributed by atoms with Crippen molar-refractivity contribution in [3.63, 3.8) is 0 Å². The molecule has 1 heterocycles. The van der Waals surface area contributed by atoms with Crippen molar-refractivity contribution in [1.82, 2.24) is 15.1 Å². The number of morpholine rings is 1. The van der Waals surface area contributed by atoms with Crippen molar-refractivity contribution in [2.45, 2.75) is 19.4 Å². The Morgan fingerprint density at radius 3 is 2.50 bits per heavy atom. The quantitative estimate of drug-likeness (QED) is 0.700. The van der Waals surface area contributed by atoms with Crippen LogP contribution in [-0.4, -0.2) is 78.8 Å². The molecule has 0 aromatic carbocycles. The first-order valence-electron chi connectivity index (χ1n) is 6.52. The van der Waals surface area contributed by atoms with Crippen molar-refractivity contribution in [3.05, 3.63) is 0 Å². The number of carbonyl (C=O) groups excluding carboxylic acids is 2. The highest BCUT2D eigenvalue weighted by Crippen LogP contribution is 2.00. The van der Waals surface area contributed by atoms with Crippen molar-refractivity contribution < 1.29 is 24.2 Å². The number of urea groups is 1. The molecule has 1 unspecified atom stereocenters. The minimum atomic E-state index is -1.08. The number of carbonyl (C=O) groups is 3. The molecule has 0 bridgehead atoms. The van der Waals surface area contributed by atoms with Crippen molar-refractivity contribution in [1.29, 1.82) is 0 Å². The van der Waals surface area contributed by atoms with Gasteiger partial charge in [0, 0.05) is 33.1 Å². The maximum absolute atomic E-state index is 11.8. The Morgan fingerprint density at radius 2 is 1.95 bits per heavy atom. The van der Waals surface area contributed by atoms with E-state index < -0.39 is 18.0 Å². The number of likely N-dealkylation sites (N-methyl/N-ethyl adjacent to an activating group) is 1. The number of carboxylic acid groups (broad SMARTS) is 1. The fourth-order valence-electron chi connectivity index (χ4n) is 1.71. The lowest BCUT2D eigenvalue weighted by Crippen LogP contribution is -2.47. The zero-order valence-corrected chi connectivity index (χ0v) is 11.8. The summed E-state index contributed by atoms with van der Waals surface area (Å²) in [6, 6.07) is -1.42. The molecule has 3 amide bonds. The molecule has 1 aliphatic rings. The van der Waals surface area contributed by atoms with Gasteiger partial charge in [0.25, 0.3) is 0 Å². The minimum Gasteiger partial charge on any atom is -0.480 e. The first kappa shape index (κ1) is 16.2. The molecule has 0 aromatic rings. The molecule has 0 aliphatic carbocycles. The highest BCUT2D eigenvalue weighted by molar-refractivity contribution is 5.82. The fourth-order valence-corrected chi connectivity index (χ4v) is 1.71. The van der Waals surface area contributed by atoms with Gasteiger partial charge < -0.3 is 25.0 Å². The van der Waals surface area contributed by atoms with E-state index in [-0.39, 0.29) is 18.9 Å². The normalized spacial score (nSPS) is 16.4. The highest BCUT2D eigenvalue weighted by atomic mass is 16.5. The van der Waals surface area contributed by atoms with Crippen molar-refractivity contribution in [2.24, 2.45) is 0 Å². The van der Waals surface area contributed by atoms with Gasteiger partial charge in [0.2, 0.25) is 5.91 Å². The smallest absolute Gasteiger partial charge is 0.326 e. The number of nitrogens with zero attached hydrogens (tertiary/aromatic N) is 2. The molecule has 20 heavy (non-hydrogen) atoms. The monoisotopic (exact) mass is 287 g/mol. The van der Waals surface area contributed by atoms with Crippen LogP contribution in [0.4, 0.5) is 4.79 Å². The van der Waals surface area contributed by atoms with E-state index in [0.29, 0.717) is 26.3 Å². The van der Waals surface area contributed by atoms with Crippen LogP contribution in [0.1, 0.15) is 13.3 Å². The predicted molar refractivity (Wildman–Crippen MR) is 70.3 cm³/mol. The number of aliphatic carboxylic acids is 1. The Balaban J connectivity index is 2.27. The number of hydrogen-bond donors (Lipinski definition) is 2. The van der Waals surface area contributed by atoms with Gasteiger partial charge in [-0.25, -0.2) is 9.59 Å². The van der Waals surface area contributed by atoms with Gasteiger partial charge in [0.1, 0.15) is 6.04 Å². The van der Waals surface area contributed by atoms with Crippen LogP contribution in [0.25, 0.3) is 0 Å². The average Bonchev–Trinajstić information content (AvgIpc) is 2.46. The van der Waals surface area contributed by atoms with Gasteiger partial charge in [-0.05, 0) is 6.92 Å². The van der Waals surface area contributed by atoms with Crippen LogP contribution in [0.15, 0.2) is 0 Å². The summed E-state index contributed by atoms with van der Waals surface area (Å²) in [6.45, 7) is 3.83. The van der Waals surface area contributed by atoms with E-state index in [1.807, 2.05) is 0 Å². The molecule has 0 saturated carbocycles. The second-order valence-electron chi connectivity index (χ2n) is 4.60. The third-order valence-corrected chi connectivity index (χ3v) is 3.24. The predicted octanol–water partition coefficient (Wildman–Crippen LogP) is -0.650. The van der Waals surface area contributed by atoms with Crippen LogP contribution >= 0.6 is 0 Å². The summed E-state index contributed by atoms with van der Waals surface area (Å²) < 4.78 is 5.15. The summed E-state index contributed by atoms with van der Waals surface area (Å²) in [4.78, 5) is 37.0. The first-order chi connectivity index (χ1) is 9.43. The minimum absolute atomic E-state index is 0.0393. The van der Waals surface area contributed by atoms with Gasteiger partial charge in [-0.15, -0.1) is 0 Å². The van der Waals surface area contributed by atoms with Gasteiger partial charge in [0.15, 0.2) is 0 Å². The molecule has 8 heteroatoms. The Morgan fingerprint density at radius 1 is 1.35 bits per heavy atom. The third-order valence-electron chi connectivity index (χ3n) is 3.24. The highest BCUT2D eigenvalue weighted by Gasteiger charge is 2.22. The van der Waals surface area contributed by atoms with Gasteiger partial charge in [-0.2, -0.15) is 0 Å². The van der Waals surface area contributed by atoms with Crippen LogP contribution in [0.5, 0.6) is 0 Å². The number of ether oxygens (including phenoxy) is 1. The van der Waals surface area contributed by atoms with Gasteiger partial charge in [-0.1, -0.05) is 0 Å².